The van der Waals surface area contributed by atoms with E-state index >= 15 is 0 Å². The molecule has 0 bridgehead atoms. The fraction of sp³-hybridized carbons (Fsp3) is 0.714. The largest absolute Gasteiger partial charge is 0.330 e. The Bertz CT molecular complexity index is 358. The number of thiophene rings is 1. The van der Waals surface area contributed by atoms with E-state index in [-0.39, 0.29) is 0 Å². The van der Waals surface area contributed by atoms with E-state index < -0.39 is 0 Å². The molecule has 0 amide bonds. The molecule has 0 aromatic carbocycles. The van der Waals surface area contributed by atoms with Crippen molar-refractivity contribution in [3.05, 3.63) is 22.4 Å². The molecule has 3 rings (SSSR count). The molecule has 1 aromatic rings. The molecule has 1 aliphatic carbocycles. The summed E-state index contributed by atoms with van der Waals surface area (Å²) in [7, 11) is 0. The van der Waals surface area contributed by atoms with Crippen LogP contribution in [0.4, 0.5) is 0 Å². The number of rotatable bonds is 4. The summed E-state index contributed by atoms with van der Waals surface area (Å²) < 4.78 is 0. The minimum absolute atomic E-state index is 0.682. The Morgan fingerprint density at radius 3 is 2.88 bits per heavy atom. The minimum atomic E-state index is 0.682. The van der Waals surface area contributed by atoms with Crippen LogP contribution in [0.5, 0.6) is 0 Å². The predicted molar refractivity (Wildman–Crippen MR) is 73.1 cm³/mol. The van der Waals surface area contributed by atoms with Gasteiger partial charge in [0.15, 0.2) is 0 Å². The minimum Gasteiger partial charge on any atom is -0.330 e. The third-order valence-electron chi connectivity index (χ3n) is 4.30. The molecule has 2 fully saturated rings. The van der Waals surface area contributed by atoms with Gasteiger partial charge in [-0.3, -0.25) is 4.90 Å². The molecule has 1 aromatic heterocycles. The van der Waals surface area contributed by atoms with Crippen molar-refractivity contribution in [1.82, 2.24) is 4.90 Å². The summed E-state index contributed by atoms with van der Waals surface area (Å²) in [5, 5.41) is 2.21. The highest BCUT2D eigenvalue weighted by molar-refractivity contribution is 7.10. The highest BCUT2D eigenvalue weighted by atomic mass is 32.1. The number of nitrogens with two attached hydrogens (primary N) is 1. The van der Waals surface area contributed by atoms with Gasteiger partial charge in [0.25, 0.3) is 0 Å². The Morgan fingerprint density at radius 2 is 2.35 bits per heavy atom. The van der Waals surface area contributed by atoms with E-state index in [0.717, 1.165) is 12.5 Å². The highest BCUT2D eigenvalue weighted by Crippen LogP contribution is 2.48. The summed E-state index contributed by atoms with van der Waals surface area (Å²) in [6.45, 7) is 4.43. The lowest BCUT2D eigenvalue weighted by Crippen LogP contribution is -2.33. The lowest BCUT2D eigenvalue weighted by molar-refractivity contribution is 0.170. The standard InChI is InChI=1S/C14H22N2S/c1-10-7-11(8-15)9-16(10)14(12-4-5-12)13-3-2-6-17-13/h2-3,6,10-12,14H,4-5,7-9,15H2,1H3. The van der Waals surface area contributed by atoms with Crippen molar-refractivity contribution in [3.63, 3.8) is 0 Å². The second kappa shape index (κ2) is 4.71. The van der Waals surface area contributed by atoms with Crippen LogP contribution in [0.3, 0.4) is 0 Å². The van der Waals surface area contributed by atoms with Crippen molar-refractivity contribution in [2.45, 2.75) is 38.3 Å². The number of likely N-dealkylation sites (tertiary alicyclic amines) is 1. The van der Waals surface area contributed by atoms with Crippen LogP contribution in [0.1, 0.15) is 37.1 Å². The van der Waals surface area contributed by atoms with Gasteiger partial charge in [0.1, 0.15) is 0 Å². The molecule has 0 radical (unpaired) electrons. The maximum Gasteiger partial charge on any atom is 0.0472 e. The SMILES string of the molecule is CC1CC(CN)CN1C(c1cccs1)C1CC1. The van der Waals surface area contributed by atoms with Crippen LogP contribution in [0.15, 0.2) is 17.5 Å². The first-order valence-electron chi connectivity index (χ1n) is 6.78. The third kappa shape index (κ3) is 2.28. The smallest absolute Gasteiger partial charge is 0.0472 e. The van der Waals surface area contributed by atoms with E-state index in [1.165, 1.54) is 25.8 Å². The third-order valence-corrected chi connectivity index (χ3v) is 5.25. The van der Waals surface area contributed by atoms with Gasteiger partial charge in [-0.25, -0.2) is 0 Å². The molecular weight excluding hydrogens is 228 g/mol. The molecule has 3 atom stereocenters. The summed E-state index contributed by atoms with van der Waals surface area (Å²) in [4.78, 5) is 4.29. The zero-order valence-electron chi connectivity index (χ0n) is 10.5. The maximum absolute atomic E-state index is 5.84. The monoisotopic (exact) mass is 250 g/mol. The van der Waals surface area contributed by atoms with Gasteiger partial charge >= 0.3 is 0 Å². The van der Waals surface area contributed by atoms with Crippen LogP contribution in [0.25, 0.3) is 0 Å². The Morgan fingerprint density at radius 1 is 1.53 bits per heavy atom. The highest BCUT2D eigenvalue weighted by Gasteiger charge is 2.42. The first kappa shape index (κ1) is 11.7. The number of hydrogen-bond donors (Lipinski definition) is 1. The average molecular weight is 250 g/mol. The molecule has 1 saturated heterocycles. The number of nitrogens with zero attached hydrogens (tertiary/aromatic N) is 1. The molecule has 2 heterocycles. The summed E-state index contributed by atoms with van der Waals surface area (Å²) in [6.07, 6.45) is 4.11. The first-order chi connectivity index (χ1) is 8.29. The van der Waals surface area contributed by atoms with Gasteiger partial charge in [0.05, 0.1) is 0 Å². The Kier molecular flexibility index (Phi) is 3.24. The van der Waals surface area contributed by atoms with Crippen LogP contribution in [0.2, 0.25) is 0 Å². The molecule has 3 unspecified atom stereocenters. The average Bonchev–Trinajstić information content (AvgIpc) is 2.87. The Balaban J connectivity index is 1.80. The molecule has 3 heteroatoms. The lowest BCUT2D eigenvalue weighted by atomic mass is 10.1. The topological polar surface area (TPSA) is 29.3 Å². The molecule has 2 nitrogen and oxygen atoms in total. The molecule has 1 aliphatic heterocycles. The molecule has 17 heavy (non-hydrogen) atoms. The van der Waals surface area contributed by atoms with E-state index in [2.05, 4.69) is 29.3 Å². The van der Waals surface area contributed by atoms with E-state index in [4.69, 9.17) is 5.73 Å². The summed E-state index contributed by atoms with van der Waals surface area (Å²) in [5.74, 6) is 1.62. The van der Waals surface area contributed by atoms with E-state index in [0.29, 0.717) is 18.0 Å². The zero-order valence-corrected chi connectivity index (χ0v) is 11.3. The van der Waals surface area contributed by atoms with Crippen molar-refractivity contribution in [2.24, 2.45) is 17.6 Å². The van der Waals surface area contributed by atoms with Gasteiger partial charge in [-0.15, -0.1) is 11.3 Å². The van der Waals surface area contributed by atoms with Crippen molar-refractivity contribution in [3.8, 4) is 0 Å². The Hall–Kier alpha value is -0.380. The summed E-state index contributed by atoms with van der Waals surface area (Å²) in [6, 6.07) is 5.89. The van der Waals surface area contributed by atoms with Crippen molar-refractivity contribution < 1.29 is 0 Å². The van der Waals surface area contributed by atoms with E-state index in [1.54, 1.807) is 4.88 Å². The molecule has 2 aliphatic rings. The van der Waals surface area contributed by atoms with Gasteiger partial charge in [-0.05, 0) is 56.0 Å². The van der Waals surface area contributed by atoms with Gasteiger partial charge in [-0.2, -0.15) is 0 Å². The fourth-order valence-electron chi connectivity index (χ4n) is 3.27. The van der Waals surface area contributed by atoms with Crippen molar-refractivity contribution >= 4 is 11.3 Å². The van der Waals surface area contributed by atoms with Gasteiger partial charge < -0.3 is 5.73 Å². The van der Waals surface area contributed by atoms with Crippen LogP contribution < -0.4 is 5.73 Å². The van der Waals surface area contributed by atoms with Crippen LogP contribution in [-0.2, 0) is 0 Å². The maximum atomic E-state index is 5.84. The summed E-state index contributed by atoms with van der Waals surface area (Å²) in [5.41, 5.74) is 5.84. The molecule has 1 saturated carbocycles. The summed E-state index contributed by atoms with van der Waals surface area (Å²) >= 11 is 1.92. The van der Waals surface area contributed by atoms with Crippen molar-refractivity contribution in [1.29, 1.82) is 0 Å². The van der Waals surface area contributed by atoms with E-state index in [9.17, 15) is 0 Å². The van der Waals surface area contributed by atoms with Crippen molar-refractivity contribution in [2.75, 3.05) is 13.1 Å². The van der Waals surface area contributed by atoms with Gasteiger partial charge in [-0.1, -0.05) is 6.07 Å². The molecule has 0 spiro atoms. The zero-order chi connectivity index (χ0) is 11.8. The van der Waals surface area contributed by atoms with Crippen LogP contribution >= 0.6 is 11.3 Å². The second-order valence-corrected chi connectivity index (χ2v) is 6.66. The normalized spacial score (nSPS) is 31.9. The molecule has 2 N–H and O–H groups in total. The predicted octanol–water partition coefficient (Wildman–Crippen LogP) is 2.87. The van der Waals surface area contributed by atoms with Crippen LogP contribution in [-0.4, -0.2) is 24.0 Å². The van der Waals surface area contributed by atoms with Crippen LogP contribution in [0, 0.1) is 11.8 Å². The van der Waals surface area contributed by atoms with Gasteiger partial charge in [0.2, 0.25) is 0 Å². The second-order valence-electron chi connectivity index (χ2n) is 5.68. The van der Waals surface area contributed by atoms with E-state index in [1.807, 2.05) is 11.3 Å². The quantitative estimate of drug-likeness (QED) is 0.890. The molecule has 94 valence electrons. The Labute approximate surface area is 108 Å². The fourth-order valence-corrected chi connectivity index (χ4v) is 4.21. The molecular formula is C14H22N2S. The van der Waals surface area contributed by atoms with Gasteiger partial charge in [0, 0.05) is 23.5 Å². The lowest BCUT2D eigenvalue weighted by Gasteiger charge is -2.31. The number of hydrogen-bond acceptors (Lipinski definition) is 3. The first-order valence-corrected chi connectivity index (χ1v) is 7.66.